The molecule has 0 aliphatic rings. The van der Waals surface area contributed by atoms with E-state index in [1.54, 1.807) is 6.08 Å². The molecule has 0 fully saturated rings. The number of aliphatic hydroxyl groups is 2. The second-order valence-corrected chi connectivity index (χ2v) is 26.0. The minimum atomic E-state index is -0.850. The Morgan fingerprint density at radius 1 is 0.329 bits per heavy atom. The number of carbonyl (C=O) groups excluding carboxylic acids is 2. The molecule has 2 atom stereocenters. The van der Waals surface area contributed by atoms with Gasteiger partial charge in [-0.3, -0.25) is 9.59 Å². The zero-order chi connectivity index (χ0) is 59.2. The Labute approximate surface area is 513 Å². The van der Waals surface area contributed by atoms with Gasteiger partial charge in [-0.2, -0.15) is 0 Å². The molecule has 0 aliphatic carbocycles. The predicted molar refractivity (Wildman–Crippen MR) is 361 cm³/mol. The Bertz CT molecular complexity index is 1280. The van der Waals surface area contributed by atoms with Gasteiger partial charge >= 0.3 is 5.97 Å². The summed E-state index contributed by atoms with van der Waals surface area (Å²) in [5, 5.41) is 23.3. The van der Waals surface area contributed by atoms with Gasteiger partial charge in [0.05, 0.1) is 25.4 Å². The lowest BCUT2D eigenvalue weighted by Crippen LogP contribution is -2.45. The summed E-state index contributed by atoms with van der Waals surface area (Å²) >= 11 is 0. The fourth-order valence-corrected chi connectivity index (χ4v) is 12.0. The average molecular weight is 1160 g/mol. The van der Waals surface area contributed by atoms with E-state index >= 15 is 0 Å². The summed E-state index contributed by atoms with van der Waals surface area (Å²) in [6.07, 6.45) is 91.3. The van der Waals surface area contributed by atoms with Gasteiger partial charge in [-0.25, -0.2) is 0 Å². The third-order valence-corrected chi connectivity index (χ3v) is 17.7. The normalized spacial score (nSPS) is 12.6. The van der Waals surface area contributed by atoms with Crippen molar-refractivity contribution >= 4 is 11.9 Å². The molecule has 1 amide bonds. The molecule has 6 nitrogen and oxygen atoms in total. The van der Waals surface area contributed by atoms with Crippen LogP contribution in [0.5, 0.6) is 0 Å². The van der Waals surface area contributed by atoms with Gasteiger partial charge in [0.25, 0.3) is 0 Å². The highest BCUT2D eigenvalue weighted by molar-refractivity contribution is 5.76. The number of aliphatic hydroxyl groups excluding tert-OH is 2. The van der Waals surface area contributed by atoms with Crippen LogP contribution in [-0.4, -0.2) is 47.4 Å². The first-order valence-corrected chi connectivity index (χ1v) is 37.6. The molecule has 0 saturated heterocycles. The monoisotopic (exact) mass is 1150 g/mol. The number of hydrogen-bond donors (Lipinski definition) is 3. The Hall–Kier alpha value is -1.66. The van der Waals surface area contributed by atoms with Crippen LogP contribution in [0.25, 0.3) is 0 Å². The predicted octanol–water partition coefficient (Wildman–Crippen LogP) is 24.5. The highest BCUT2D eigenvalue weighted by Gasteiger charge is 2.18. The number of hydrogen-bond acceptors (Lipinski definition) is 5. The molecule has 0 saturated carbocycles. The van der Waals surface area contributed by atoms with Crippen LogP contribution in [0.4, 0.5) is 0 Å². The van der Waals surface area contributed by atoms with Crippen LogP contribution in [0.3, 0.4) is 0 Å². The molecule has 0 aromatic heterocycles. The first-order chi connectivity index (χ1) is 40.5. The van der Waals surface area contributed by atoms with Crippen LogP contribution < -0.4 is 5.32 Å². The number of unbranched alkanes of at least 4 members (excludes halogenated alkanes) is 58. The van der Waals surface area contributed by atoms with E-state index < -0.39 is 12.1 Å². The molecule has 6 heteroatoms. The van der Waals surface area contributed by atoms with E-state index in [1.165, 1.54) is 353 Å². The zero-order valence-corrected chi connectivity index (χ0v) is 55.8. The largest absolute Gasteiger partial charge is 0.466 e. The van der Waals surface area contributed by atoms with E-state index in [2.05, 4.69) is 31.3 Å². The Morgan fingerprint density at radius 2 is 0.573 bits per heavy atom. The molecule has 486 valence electrons. The van der Waals surface area contributed by atoms with E-state index in [1.807, 2.05) is 6.08 Å². The molecule has 2 unspecified atom stereocenters. The summed E-state index contributed by atoms with van der Waals surface area (Å²) in [6.45, 7) is 4.95. The lowest BCUT2D eigenvalue weighted by Gasteiger charge is -2.20. The summed E-state index contributed by atoms with van der Waals surface area (Å²) in [5.74, 6) is -0.0548. The van der Waals surface area contributed by atoms with Crippen molar-refractivity contribution in [2.45, 2.75) is 437 Å². The lowest BCUT2D eigenvalue weighted by molar-refractivity contribution is -0.143. The summed E-state index contributed by atoms with van der Waals surface area (Å²) in [7, 11) is 0. The lowest BCUT2D eigenvalue weighted by atomic mass is 10.0. The number of ether oxygens (including phenoxy) is 1. The molecule has 3 N–H and O–H groups in total. The quantitative estimate of drug-likeness (QED) is 0.0320. The summed E-state index contributed by atoms with van der Waals surface area (Å²) in [5.41, 5.74) is 0. The number of carbonyl (C=O) groups is 2. The molecule has 0 aliphatic heterocycles. The number of nitrogens with one attached hydrogen (secondary N) is 1. The van der Waals surface area contributed by atoms with Crippen molar-refractivity contribution in [1.82, 2.24) is 5.32 Å². The Morgan fingerprint density at radius 3 is 0.866 bits per heavy atom. The molecule has 0 heterocycles. The van der Waals surface area contributed by atoms with Crippen molar-refractivity contribution in [3.63, 3.8) is 0 Å². The Kier molecular flexibility index (Phi) is 70.4. The molecule has 0 rings (SSSR count). The standard InChI is InChI=1S/C76H147NO5/c1-3-5-7-9-11-13-15-17-19-21-23-24-25-26-29-33-36-40-44-48-52-56-60-64-68-74(79)73(72-78)77-75(80)69-65-61-57-53-49-45-41-37-34-30-27-28-31-35-39-43-47-51-55-59-63-67-71-82-76(81)70-66-62-58-54-50-46-42-38-32-22-20-18-16-14-12-10-8-6-4-2/h30,34,64,68,73-74,78-79H,3-29,31-33,35-63,65-67,69-72H2,1-2H3,(H,77,80)/b34-30-,68-64+. The van der Waals surface area contributed by atoms with Gasteiger partial charge in [-0.15, -0.1) is 0 Å². The molecule has 82 heavy (non-hydrogen) atoms. The van der Waals surface area contributed by atoms with Gasteiger partial charge in [0.15, 0.2) is 0 Å². The molecule has 0 radical (unpaired) electrons. The van der Waals surface area contributed by atoms with E-state index in [4.69, 9.17) is 4.74 Å². The minimum Gasteiger partial charge on any atom is -0.466 e. The maximum absolute atomic E-state index is 12.5. The van der Waals surface area contributed by atoms with Crippen LogP contribution >= 0.6 is 0 Å². The fourth-order valence-electron chi connectivity index (χ4n) is 12.0. The second-order valence-electron chi connectivity index (χ2n) is 26.0. The van der Waals surface area contributed by atoms with Crippen LogP contribution in [0, 0.1) is 0 Å². The van der Waals surface area contributed by atoms with Crippen molar-refractivity contribution in [2.75, 3.05) is 13.2 Å². The number of rotatable bonds is 71. The Balaban J connectivity index is 3.42. The van der Waals surface area contributed by atoms with Crippen LogP contribution in [0.15, 0.2) is 24.3 Å². The van der Waals surface area contributed by atoms with Crippen molar-refractivity contribution in [1.29, 1.82) is 0 Å². The van der Waals surface area contributed by atoms with E-state index in [-0.39, 0.29) is 18.5 Å². The summed E-state index contributed by atoms with van der Waals surface area (Å²) < 4.78 is 5.51. The smallest absolute Gasteiger partial charge is 0.305 e. The van der Waals surface area contributed by atoms with Crippen LogP contribution in [-0.2, 0) is 14.3 Å². The van der Waals surface area contributed by atoms with Crippen molar-refractivity contribution in [3.8, 4) is 0 Å². The minimum absolute atomic E-state index is 0.0153. The number of allylic oxidation sites excluding steroid dienone is 3. The third kappa shape index (κ3) is 67.5. The summed E-state index contributed by atoms with van der Waals surface area (Å²) in [4.78, 5) is 24.7. The third-order valence-electron chi connectivity index (χ3n) is 17.7. The van der Waals surface area contributed by atoms with E-state index in [9.17, 15) is 19.8 Å². The maximum atomic E-state index is 12.5. The first kappa shape index (κ1) is 80.3. The van der Waals surface area contributed by atoms with Crippen molar-refractivity contribution in [2.24, 2.45) is 0 Å². The van der Waals surface area contributed by atoms with Gasteiger partial charge in [0.1, 0.15) is 0 Å². The van der Waals surface area contributed by atoms with Crippen LogP contribution in [0.2, 0.25) is 0 Å². The highest BCUT2D eigenvalue weighted by atomic mass is 16.5. The molecular weight excluding hydrogens is 1010 g/mol. The molecule has 0 spiro atoms. The topological polar surface area (TPSA) is 95.9 Å². The first-order valence-electron chi connectivity index (χ1n) is 37.6. The number of esters is 1. The van der Waals surface area contributed by atoms with Crippen LogP contribution in [0.1, 0.15) is 425 Å². The second kappa shape index (κ2) is 71.8. The van der Waals surface area contributed by atoms with E-state index in [0.717, 1.165) is 44.9 Å². The van der Waals surface area contributed by atoms with Gasteiger partial charge in [0.2, 0.25) is 5.91 Å². The zero-order valence-electron chi connectivity index (χ0n) is 55.8. The maximum Gasteiger partial charge on any atom is 0.305 e. The highest BCUT2D eigenvalue weighted by Crippen LogP contribution is 2.19. The van der Waals surface area contributed by atoms with Gasteiger partial charge < -0.3 is 20.3 Å². The van der Waals surface area contributed by atoms with Gasteiger partial charge in [-0.05, 0) is 57.8 Å². The summed E-state index contributed by atoms with van der Waals surface area (Å²) in [6, 6.07) is -0.634. The average Bonchev–Trinajstić information content (AvgIpc) is 3.48. The molecule has 0 bridgehead atoms. The van der Waals surface area contributed by atoms with E-state index in [0.29, 0.717) is 19.4 Å². The fraction of sp³-hybridized carbons (Fsp3) is 0.921. The molecular formula is C76H147NO5. The van der Waals surface area contributed by atoms with Crippen molar-refractivity contribution in [3.05, 3.63) is 24.3 Å². The van der Waals surface area contributed by atoms with Gasteiger partial charge in [-0.1, -0.05) is 378 Å². The number of amides is 1. The van der Waals surface area contributed by atoms with Crippen molar-refractivity contribution < 1.29 is 24.5 Å². The van der Waals surface area contributed by atoms with Gasteiger partial charge in [0, 0.05) is 12.8 Å². The molecule has 0 aromatic rings. The SMILES string of the molecule is CCCCCCCCCCCCCCCCCCCCCCCC/C=C/C(O)C(CO)NC(=O)CCCCCCCCC/C=C\CCCCCCCCCCCCCOC(=O)CCCCCCCCCCCCCCCCCCCCC. The molecule has 0 aromatic carbocycles.